The van der Waals surface area contributed by atoms with Crippen LogP contribution in [0.1, 0.15) is 13.8 Å². The molecule has 27 heteroatoms. The molecule has 16 N–H and O–H groups in total. The van der Waals surface area contributed by atoms with Gasteiger partial charge < -0.3 is 125 Å². The fourth-order valence-corrected chi connectivity index (χ4v) is 7.67. The zero-order valence-corrected chi connectivity index (χ0v) is 32.9. The van der Waals surface area contributed by atoms with E-state index >= 15 is 0 Å². The molecule has 24 atom stereocenters. The van der Waals surface area contributed by atoms with Crippen molar-refractivity contribution in [2.45, 2.75) is 161 Å². The number of aliphatic hydroxyl groups is 14. The molecule has 0 bridgehead atoms. The highest BCUT2D eigenvalue weighted by Gasteiger charge is 2.55. The smallest absolute Gasteiger partial charge is 0.217 e. The molecule has 5 heterocycles. The minimum atomic E-state index is -2.06. The molecule has 5 rings (SSSR count). The van der Waals surface area contributed by atoms with Gasteiger partial charge in [0.15, 0.2) is 25.2 Å². The van der Waals surface area contributed by atoms with Crippen LogP contribution in [0.5, 0.6) is 0 Å². The molecule has 5 aliphatic rings. The SMILES string of the molecule is CC(=O)N[C@H]1[C@H](O[C@H]2[C@H](O)[C@@H](NC(C)=O)CO[C@@H]2CO)O[C@H](CO)[C@@H](O[C@@H]2O[C@H](CO[C@H]3O[C@H](CO)[C@@H](O)[C@H](O[C@H]4O[C@H](CO)[C@@H](O)[C@H](O)[C@@H]4O)[C@@H]3O)[C@@H](O)[C@H](O)[C@@H]2O)[C@@H]1O. The van der Waals surface area contributed by atoms with Crippen LogP contribution in [0.25, 0.3) is 0 Å². The molecule has 61 heavy (non-hydrogen) atoms. The highest BCUT2D eigenvalue weighted by molar-refractivity contribution is 5.73. The molecular weight excluding hydrogens is 836 g/mol. The maximum absolute atomic E-state index is 12.3. The number of aliphatic hydroxyl groups excluding tert-OH is 14. The van der Waals surface area contributed by atoms with Gasteiger partial charge in [-0.25, -0.2) is 0 Å². The highest BCUT2D eigenvalue weighted by Crippen LogP contribution is 2.34. The minimum absolute atomic E-state index is 0.207. The summed E-state index contributed by atoms with van der Waals surface area (Å²) >= 11 is 0. The third kappa shape index (κ3) is 11.1. The van der Waals surface area contributed by atoms with Gasteiger partial charge in [-0.05, 0) is 0 Å². The fourth-order valence-electron chi connectivity index (χ4n) is 7.67. The lowest BCUT2D eigenvalue weighted by Gasteiger charge is -2.49. The van der Waals surface area contributed by atoms with E-state index in [-0.39, 0.29) is 6.61 Å². The van der Waals surface area contributed by atoms with Crippen molar-refractivity contribution in [3.05, 3.63) is 0 Å². The number of hydrogen-bond acceptors (Lipinski definition) is 25. The average Bonchev–Trinajstić information content (AvgIpc) is 3.22. The standard InChI is InChI=1S/C34H58N2O25/c1-9(41)35-11-7-53-14(5-39)28(18(11)43)59-31-17(36-10(2)42)22(47)29(15(6-40)57-31)60-34-26(51)24(49)20(45)16(58-34)8-54-32-27(52)30(21(46)13(4-38)55-32)61-33-25(50)23(48)19(44)12(3-37)56-33/h11-34,37-40,43-52H,3-8H2,1-2H3,(H,35,41)(H,36,42)/t11-,12+,13+,14+,15+,16+,17+,18+,19+,20+,21+,22+,23-,24-,25-,26-,27-,28+,29+,30-,31-,32-,33+,34-/m0/s1. The molecule has 0 aromatic heterocycles. The Kier molecular flexibility index (Phi) is 17.9. The first-order valence-corrected chi connectivity index (χ1v) is 19.5. The van der Waals surface area contributed by atoms with E-state index in [9.17, 15) is 81.1 Å². The summed E-state index contributed by atoms with van der Waals surface area (Å²) in [6.45, 7) is -2.04. The first kappa shape index (κ1) is 50.0. The third-order valence-electron chi connectivity index (χ3n) is 11.0. The number of rotatable bonds is 15. The van der Waals surface area contributed by atoms with E-state index < -0.39 is 192 Å². The van der Waals surface area contributed by atoms with Gasteiger partial charge in [-0.3, -0.25) is 9.59 Å². The largest absolute Gasteiger partial charge is 0.394 e. The Hall–Kier alpha value is -1.98. The van der Waals surface area contributed by atoms with E-state index in [0.717, 1.165) is 6.92 Å². The second kappa shape index (κ2) is 21.8. The maximum Gasteiger partial charge on any atom is 0.217 e. The minimum Gasteiger partial charge on any atom is -0.394 e. The normalized spacial score (nSPS) is 48.3. The molecule has 0 aromatic carbocycles. The van der Waals surface area contributed by atoms with Crippen molar-refractivity contribution < 1.29 is 124 Å². The molecular formula is C34H58N2O25. The summed E-state index contributed by atoms with van der Waals surface area (Å²) in [5, 5.41) is 152. The molecule has 0 saturated carbocycles. The van der Waals surface area contributed by atoms with Gasteiger partial charge in [0.05, 0.1) is 45.7 Å². The Labute approximate surface area is 346 Å². The fraction of sp³-hybridized carbons (Fsp3) is 0.941. The van der Waals surface area contributed by atoms with Crippen LogP contribution in [0, 0.1) is 0 Å². The second-order valence-electron chi connectivity index (χ2n) is 15.3. The Bertz CT molecular complexity index is 1410. The van der Waals surface area contributed by atoms with Gasteiger partial charge in [0.2, 0.25) is 11.8 Å². The van der Waals surface area contributed by atoms with Gasteiger partial charge in [0.1, 0.15) is 116 Å². The highest BCUT2D eigenvalue weighted by atomic mass is 16.8. The lowest BCUT2D eigenvalue weighted by Crippen LogP contribution is -2.69. The number of ether oxygens (including phenoxy) is 9. The number of carbonyl (C=O) groups is 2. The van der Waals surface area contributed by atoms with E-state index in [2.05, 4.69) is 10.6 Å². The Morgan fingerprint density at radius 3 is 1.49 bits per heavy atom. The van der Waals surface area contributed by atoms with Gasteiger partial charge in [-0.15, -0.1) is 0 Å². The summed E-state index contributed by atoms with van der Waals surface area (Å²) in [4.78, 5) is 24.0. The van der Waals surface area contributed by atoms with E-state index in [1.54, 1.807) is 0 Å². The number of amides is 2. The van der Waals surface area contributed by atoms with Gasteiger partial charge in [0.25, 0.3) is 0 Å². The van der Waals surface area contributed by atoms with Crippen molar-refractivity contribution in [2.24, 2.45) is 0 Å². The number of nitrogens with one attached hydrogen (secondary N) is 2. The van der Waals surface area contributed by atoms with Crippen LogP contribution in [0.4, 0.5) is 0 Å². The summed E-state index contributed by atoms with van der Waals surface area (Å²) in [6, 6.07) is -2.57. The summed E-state index contributed by atoms with van der Waals surface area (Å²) < 4.78 is 50.8. The number of carbonyl (C=O) groups excluding carboxylic acids is 2. The lowest BCUT2D eigenvalue weighted by molar-refractivity contribution is -0.372. The molecule has 0 aliphatic carbocycles. The number of hydrogen-bond donors (Lipinski definition) is 16. The van der Waals surface area contributed by atoms with Crippen LogP contribution < -0.4 is 10.6 Å². The second-order valence-corrected chi connectivity index (χ2v) is 15.3. The summed E-state index contributed by atoms with van der Waals surface area (Å²) in [5.74, 6) is -1.25. The third-order valence-corrected chi connectivity index (χ3v) is 11.0. The first-order valence-electron chi connectivity index (χ1n) is 19.5. The van der Waals surface area contributed by atoms with E-state index in [0.29, 0.717) is 0 Å². The van der Waals surface area contributed by atoms with Crippen LogP contribution in [-0.4, -0.2) is 270 Å². The Balaban J connectivity index is 1.28. The predicted octanol–water partition coefficient (Wildman–Crippen LogP) is -11.0. The molecule has 27 nitrogen and oxygen atoms in total. The molecule has 0 aromatic rings. The summed E-state index contributed by atoms with van der Waals surface area (Å²) in [6.07, 6.45) is -38.5. The zero-order chi connectivity index (χ0) is 45.0. The molecule has 2 amide bonds. The van der Waals surface area contributed by atoms with E-state index in [1.165, 1.54) is 6.92 Å². The molecule has 0 radical (unpaired) electrons. The molecule has 0 spiro atoms. The van der Waals surface area contributed by atoms with Crippen molar-refractivity contribution in [2.75, 3.05) is 39.6 Å². The van der Waals surface area contributed by atoms with Crippen LogP contribution in [0.3, 0.4) is 0 Å². The predicted molar refractivity (Wildman–Crippen MR) is 189 cm³/mol. The van der Waals surface area contributed by atoms with E-state index in [1.807, 2.05) is 0 Å². The van der Waals surface area contributed by atoms with Gasteiger partial charge in [-0.2, -0.15) is 0 Å². The van der Waals surface area contributed by atoms with Gasteiger partial charge in [-0.1, -0.05) is 0 Å². The van der Waals surface area contributed by atoms with Crippen LogP contribution in [-0.2, 0) is 52.2 Å². The molecule has 354 valence electrons. The van der Waals surface area contributed by atoms with Crippen molar-refractivity contribution in [3.63, 3.8) is 0 Å². The molecule has 5 aliphatic heterocycles. The van der Waals surface area contributed by atoms with Crippen molar-refractivity contribution >= 4 is 11.8 Å². The van der Waals surface area contributed by atoms with Crippen LogP contribution in [0.2, 0.25) is 0 Å². The first-order chi connectivity index (χ1) is 28.9. The van der Waals surface area contributed by atoms with Crippen molar-refractivity contribution in [3.8, 4) is 0 Å². The quantitative estimate of drug-likeness (QED) is 0.0726. The Morgan fingerprint density at radius 1 is 0.475 bits per heavy atom. The van der Waals surface area contributed by atoms with Crippen LogP contribution in [0.15, 0.2) is 0 Å². The summed E-state index contributed by atoms with van der Waals surface area (Å²) in [7, 11) is 0. The summed E-state index contributed by atoms with van der Waals surface area (Å²) in [5.41, 5.74) is 0. The van der Waals surface area contributed by atoms with Gasteiger partial charge in [0, 0.05) is 13.8 Å². The average molecular weight is 895 g/mol. The van der Waals surface area contributed by atoms with Crippen molar-refractivity contribution in [1.82, 2.24) is 10.6 Å². The van der Waals surface area contributed by atoms with Crippen molar-refractivity contribution in [1.29, 1.82) is 0 Å². The molecule has 0 unspecified atom stereocenters. The topological polar surface area (TPSA) is 424 Å². The van der Waals surface area contributed by atoms with Gasteiger partial charge >= 0.3 is 0 Å². The zero-order valence-electron chi connectivity index (χ0n) is 32.9. The maximum atomic E-state index is 12.3. The Morgan fingerprint density at radius 2 is 0.934 bits per heavy atom. The lowest BCUT2D eigenvalue weighted by atomic mass is 9.94. The van der Waals surface area contributed by atoms with E-state index in [4.69, 9.17) is 42.6 Å². The monoisotopic (exact) mass is 894 g/mol. The molecule has 5 saturated heterocycles. The molecule has 5 fully saturated rings. The van der Waals surface area contributed by atoms with Crippen LogP contribution >= 0.6 is 0 Å².